The summed E-state index contributed by atoms with van der Waals surface area (Å²) in [5.41, 5.74) is 1.37. The number of aromatic nitrogens is 2. The van der Waals surface area contributed by atoms with Gasteiger partial charge in [-0.15, -0.1) is 0 Å². The Morgan fingerprint density at radius 3 is 2.71 bits per heavy atom. The molecular formula is C16H22N2O3. The molecule has 1 atom stereocenters. The third-order valence-corrected chi connectivity index (χ3v) is 3.82. The average Bonchev–Trinajstić information content (AvgIpc) is 2.90. The van der Waals surface area contributed by atoms with E-state index >= 15 is 0 Å². The molecule has 114 valence electrons. The lowest BCUT2D eigenvalue weighted by Crippen LogP contribution is -2.13. The summed E-state index contributed by atoms with van der Waals surface area (Å²) in [6.45, 7) is 4.28. The van der Waals surface area contributed by atoms with Crippen molar-refractivity contribution in [3.63, 3.8) is 0 Å². The minimum absolute atomic E-state index is 0.00269. The van der Waals surface area contributed by atoms with Gasteiger partial charge in [0.2, 0.25) is 5.91 Å². The van der Waals surface area contributed by atoms with Crippen LogP contribution in [0.25, 0.3) is 11.0 Å². The van der Waals surface area contributed by atoms with Crippen LogP contribution < -0.4 is 9.47 Å². The van der Waals surface area contributed by atoms with E-state index in [-0.39, 0.29) is 5.91 Å². The van der Waals surface area contributed by atoms with Crippen LogP contribution >= 0.6 is 0 Å². The van der Waals surface area contributed by atoms with Crippen molar-refractivity contribution in [3.05, 3.63) is 18.2 Å². The van der Waals surface area contributed by atoms with E-state index in [9.17, 15) is 4.79 Å². The van der Waals surface area contributed by atoms with E-state index in [1.807, 2.05) is 18.2 Å². The predicted octanol–water partition coefficient (Wildman–Crippen LogP) is 3.52. The van der Waals surface area contributed by atoms with Crippen LogP contribution in [0.4, 0.5) is 0 Å². The van der Waals surface area contributed by atoms with Crippen LogP contribution in [0, 0.1) is 5.92 Å². The Kier molecular flexibility index (Phi) is 4.83. The van der Waals surface area contributed by atoms with Gasteiger partial charge < -0.3 is 9.47 Å². The van der Waals surface area contributed by atoms with Crippen LogP contribution in [-0.2, 0) is 0 Å². The van der Waals surface area contributed by atoms with Crippen LogP contribution in [0.5, 0.6) is 11.8 Å². The fraction of sp³-hybridized carbons (Fsp3) is 0.500. The molecule has 0 N–H and O–H groups in total. The maximum Gasteiger partial charge on any atom is 0.304 e. The topological polar surface area (TPSA) is 53.4 Å². The van der Waals surface area contributed by atoms with E-state index < -0.39 is 0 Å². The van der Waals surface area contributed by atoms with Crippen molar-refractivity contribution in [1.29, 1.82) is 0 Å². The smallest absolute Gasteiger partial charge is 0.304 e. The molecule has 0 aliphatic carbocycles. The van der Waals surface area contributed by atoms with Gasteiger partial charge >= 0.3 is 6.01 Å². The van der Waals surface area contributed by atoms with Crippen LogP contribution in [0.2, 0.25) is 0 Å². The van der Waals surface area contributed by atoms with Crippen molar-refractivity contribution in [3.8, 4) is 11.8 Å². The fourth-order valence-corrected chi connectivity index (χ4v) is 2.28. The zero-order valence-corrected chi connectivity index (χ0v) is 13.0. The van der Waals surface area contributed by atoms with Gasteiger partial charge in [0.1, 0.15) is 11.3 Å². The molecule has 5 heteroatoms. The lowest BCUT2D eigenvalue weighted by Gasteiger charge is -2.09. The summed E-state index contributed by atoms with van der Waals surface area (Å²) in [4.78, 5) is 16.9. The van der Waals surface area contributed by atoms with Gasteiger partial charge in [-0.2, -0.15) is 4.98 Å². The van der Waals surface area contributed by atoms with E-state index in [1.54, 1.807) is 11.7 Å². The molecule has 0 saturated heterocycles. The van der Waals surface area contributed by atoms with Crippen LogP contribution in [-0.4, -0.2) is 29.7 Å². The number of nitrogens with zero attached hydrogens (tertiary/aromatic N) is 2. The number of hydrogen-bond donors (Lipinski definition) is 0. The van der Waals surface area contributed by atoms with Gasteiger partial charge in [-0.3, -0.25) is 4.79 Å². The number of fused-ring (bicyclic) bond motifs is 1. The van der Waals surface area contributed by atoms with Crippen molar-refractivity contribution < 1.29 is 14.3 Å². The van der Waals surface area contributed by atoms with Crippen molar-refractivity contribution in [2.24, 2.45) is 5.92 Å². The third kappa shape index (κ3) is 3.01. The summed E-state index contributed by atoms with van der Waals surface area (Å²) >= 11 is 0. The largest absolute Gasteiger partial charge is 0.494 e. The Morgan fingerprint density at radius 1 is 1.33 bits per heavy atom. The number of carbonyl (C=O) groups is 1. The summed E-state index contributed by atoms with van der Waals surface area (Å²) in [5.74, 6) is 1.17. The highest BCUT2D eigenvalue weighted by Gasteiger charge is 2.19. The highest BCUT2D eigenvalue weighted by Crippen LogP contribution is 2.29. The molecule has 0 radical (unpaired) electrons. The van der Waals surface area contributed by atoms with Gasteiger partial charge in [0.15, 0.2) is 0 Å². The Bertz CT molecular complexity index is 634. The average molecular weight is 290 g/mol. The predicted molar refractivity (Wildman–Crippen MR) is 82.2 cm³/mol. The molecule has 2 aromatic rings. The standard InChI is InChI=1S/C16H22N2O3/c1-5-11(2)9-10-14(19)18-12-7-6-8-13(20-3)15(12)17-16(18)21-4/h6-8,11H,5,9-10H2,1-4H3. The first-order valence-electron chi connectivity index (χ1n) is 7.25. The Labute approximate surface area is 124 Å². The molecule has 0 bridgehead atoms. The maximum atomic E-state index is 12.5. The molecule has 0 saturated carbocycles. The maximum absolute atomic E-state index is 12.5. The second kappa shape index (κ2) is 6.61. The first-order chi connectivity index (χ1) is 10.1. The number of ether oxygens (including phenoxy) is 2. The quantitative estimate of drug-likeness (QED) is 0.816. The molecule has 21 heavy (non-hydrogen) atoms. The molecule has 0 fully saturated rings. The number of rotatable bonds is 6. The van der Waals surface area contributed by atoms with E-state index in [0.29, 0.717) is 29.6 Å². The van der Waals surface area contributed by atoms with Gasteiger partial charge in [0.25, 0.3) is 0 Å². The molecule has 1 heterocycles. The van der Waals surface area contributed by atoms with Gasteiger partial charge in [-0.1, -0.05) is 26.3 Å². The summed E-state index contributed by atoms with van der Waals surface area (Å²) in [7, 11) is 3.11. The number of imidazole rings is 1. The third-order valence-electron chi connectivity index (χ3n) is 3.82. The van der Waals surface area contributed by atoms with Gasteiger partial charge in [-0.05, 0) is 24.5 Å². The van der Waals surface area contributed by atoms with Crippen molar-refractivity contribution in [2.75, 3.05) is 14.2 Å². The first kappa shape index (κ1) is 15.4. The molecule has 0 amide bonds. The van der Waals surface area contributed by atoms with E-state index in [1.165, 1.54) is 7.11 Å². The molecule has 5 nitrogen and oxygen atoms in total. The van der Waals surface area contributed by atoms with E-state index in [4.69, 9.17) is 9.47 Å². The van der Waals surface area contributed by atoms with Gasteiger partial charge in [0.05, 0.1) is 19.7 Å². The SMILES string of the molecule is CCC(C)CCC(=O)n1c(OC)nc2c(OC)cccc21. The number of benzene rings is 1. The lowest BCUT2D eigenvalue weighted by molar-refractivity contribution is 0.0888. The highest BCUT2D eigenvalue weighted by molar-refractivity contribution is 5.94. The molecular weight excluding hydrogens is 268 g/mol. The van der Waals surface area contributed by atoms with Crippen molar-refractivity contribution in [1.82, 2.24) is 9.55 Å². The second-order valence-corrected chi connectivity index (χ2v) is 5.21. The van der Waals surface area contributed by atoms with Crippen molar-refractivity contribution in [2.45, 2.75) is 33.1 Å². The molecule has 0 aliphatic rings. The van der Waals surface area contributed by atoms with E-state index in [0.717, 1.165) is 18.4 Å². The zero-order chi connectivity index (χ0) is 15.4. The number of carbonyl (C=O) groups excluding carboxylic acids is 1. The molecule has 2 rings (SSSR count). The number of hydrogen-bond acceptors (Lipinski definition) is 4. The molecule has 0 spiro atoms. The highest BCUT2D eigenvalue weighted by atomic mass is 16.5. The molecule has 1 aromatic heterocycles. The Hall–Kier alpha value is -2.04. The summed E-state index contributed by atoms with van der Waals surface area (Å²) in [6, 6.07) is 5.83. The Balaban J connectivity index is 2.40. The van der Waals surface area contributed by atoms with Crippen LogP contribution in [0.3, 0.4) is 0 Å². The minimum atomic E-state index is 0.00269. The fourth-order valence-electron chi connectivity index (χ4n) is 2.28. The summed E-state index contributed by atoms with van der Waals surface area (Å²) in [5, 5.41) is 0. The molecule has 0 aliphatic heterocycles. The van der Waals surface area contributed by atoms with Gasteiger partial charge in [-0.25, -0.2) is 4.57 Å². The summed E-state index contributed by atoms with van der Waals surface area (Å²) < 4.78 is 12.1. The monoisotopic (exact) mass is 290 g/mol. The number of para-hydroxylation sites is 1. The van der Waals surface area contributed by atoms with Crippen molar-refractivity contribution >= 4 is 16.9 Å². The van der Waals surface area contributed by atoms with Crippen LogP contribution in [0.15, 0.2) is 18.2 Å². The first-order valence-corrected chi connectivity index (χ1v) is 7.25. The molecule has 1 unspecified atom stereocenters. The Morgan fingerprint density at radius 2 is 2.10 bits per heavy atom. The lowest BCUT2D eigenvalue weighted by atomic mass is 10.0. The van der Waals surface area contributed by atoms with E-state index in [2.05, 4.69) is 18.8 Å². The second-order valence-electron chi connectivity index (χ2n) is 5.21. The van der Waals surface area contributed by atoms with Gasteiger partial charge in [0, 0.05) is 6.42 Å². The number of methoxy groups -OCH3 is 2. The molecule has 1 aromatic carbocycles. The van der Waals surface area contributed by atoms with Crippen LogP contribution in [0.1, 0.15) is 37.9 Å². The normalized spacial score (nSPS) is 12.4. The summed E-state index contributed by atoms with van der Waals surface area (Å²) in [6.07, 6.45) is 2.42. The zero-order valence-electron chi connectivity index (χ0n) is 13.0. The minimum Gasteiger partial charge on any atom is -0.494 e.